The molecular formula is C10H8F2N2O. The summed E-state index contributed by atoms with van der Waals surface area (Å²) < 4.78 is 26.2. The number of halogens is 2. The molecule has 0 radical (unpaired) electrons. The third-order valence-corrected chi connectivity index (χ3v) is 2.19. The normalized spacial score (nSPS) is 15.8. The lowest BCUT2D eigenvalue weighted by Crippen LogP contribution is -2.14. The largest absolute Gasteiger partial charge is 0.273 e. The molecule has 0 aromatic heterocycles. The summed E-state index contributed by atoms with van der Waals surface area (Å²) in [6, 6.07) is 3.09. The molecule has 5 heteroatoms. The van der Waals surface area contributed by atoms with Crippen molar-refractivity contribution in [1.82, 2.24) is 5.01 Å². The number of carbonyl (C=O) groups excluding carboxylic acids is 1. The quantitative estimate of drug-likeness (QED) is 0.691. The van der Waals surface area contributed by atoms with E-state index in [1.807, 2.05) is 0 Å². The van der Waals surface area contributed by atoms with Crippen LogP contribution in [0.5, 0.6) is 0 Å². The van der Waals surface area contributed by atoms with Crippen LogP contribution in [0.3, 0.4) is 0 Å². The van der Waals surface area contributed by atoms with Crippen molar-refractivity contribution in [3.8, 4) is 0 Å². The lowest BCUT2D eigenvalue weighted by molar-refractivity contribution is -0.127. The van der Waals surface area contributed by atoms with Gasteiger partial charge in [-0.1, -0.05) is 0 Å². The van der Waals surface area contributed by atoms with Crippen LogP contribution in [0.4, 0.5) is 8.78 Å². The molecule has 0 saturated carbocycles. The average Bonchev–Trinajstić information content (AvgIpc) is 2.51. The number of hydrogen-bond donors (Lipinski definition) is 0. The molecule has 0 fully saturated rings. The molecule has 1 amide bonds. The van der Waals surface area contributed by atoms with E-state index in [2.05, 4.69) is 5.10 Å². The molecule has 0 N–H and O–H groups in total. The van der Waals surface area contributed by atoms with E-state index in [9.17, 15) is 13.6 Å². The highest BCUT2D eigenvalue weighted by Crippen LogP contribution is 2.17. The molecule has 3 nitrogen and oxygen atoms in total. The lowest BCUT2D eigenvalue weighted by Gasteiger charge is -2.01. The summed E-state index contributed by atoms with van der Waals surface area (Å²) in [5.41, 5.74) is 0.312. The van der Waals surface area contributed by atoms with Crippen molar-refractivity contribution in [3.05, 3.63) is 35.4 Å². The number of hydrazone groups is 1. The Morgan fingerprint density at radius 3 is 2.73 bits per heavy atom. The fourth-order valence-electron chi connectivity index (χ4n) is 1.40. The standard InChI is InChI=1S/C10H8F2N2O/c1-14-10(15)5-9(13-14)7-4-6(11)2-3-8(7)12/h2-4H,5H2,1H3. The number of rotatable bonds is 1. The van der Waals surface area contributed by atoms with E-state index in [1.54, 1.807) is 0 Å². The lowest BCUT2D eigenvalue weighted by atomic mass is 10.1. The van der Waals surface area contributed by atoms with Gasteiger partial charge >= 0.3 is 0 Å². The Morgan fingerprint density at radius 2 is 2.13 bits per heavy atom. The maximum absolute atomic E-state index is 13.3. The van der Waals surface area contributed by atoms with Gasteiger partial charge in [0.1, 0.15) is 11.6 Å². The zero-order chi connectivity index (χ0) is 11.0. The van der Waals surface area contributed by atoms with E-state index >= 15 is 0 Å². The van der Waals surface area contributed by atoms with E-state index in [1.165, 1.54) is 7.05 Å². The summed E-state index contributed by atoms with van der Waals surface area (Å²) in [7, 11) is 1.48. The topological polar surface area (TPSA) is 32.7 Å². The second-order valence-electron chi connectivity index (χ2n) is 3.26. The van der Waals surface area contributed by atoms with Gasteiger partial charge in [0, 0.05) is 12.6 Å². The average molecular weight is 210 g/mol. The molecule has 1 aliphatic heterocycles. The first kappa shape index (κ1) is 9.76. The van der Waals surface area contributed by atoms with Gasteiger partial charge in [-0.2, -0.15) is 5.10 Å². The van der Waals surface area contributed by atoms with Crippen LogP contribution < -0.4 is 0 Å². The smallest absolute Gasteiger partial charge is 0.248 e. The van der Waals surface area contributed by atoms with Crippen LogP contribution in [0, 0.1) is 11.6 Å². The van der Waals surface area contributed by atoms with E-state index < -0.39 is 11.6 Å². The Labute approximate surface area is 85.0 Å². The van der Waals surface area contributed by atoms with E-state index in [-0.39, 0.29) is 23.6 Å². The summed E-state index contributed by atoms with van der Waals surface area (Å²) in [6.45, 7) is 0. The minimum atomic E-state index is -0.571. The van der Waals surface area contributed by atoms with Crippen molar-refractivity contribution in [2.75, 3.05) is 7.05 Å². The Kier molecular flexibility index (Phi) is 2.22. The molecular weight excluding hydrogens is 202 g/mol. The third kappa shape index (κ3) is 1.72. The molecule has 0 atom stereocenters. The van der Waals surface area contributed by atoms with Gasteiger partial charge < -0.3 is 0 Å². The number of hydrogen-bond acceptors (Lipinski definition) is 2. The molecule has 0 spiro atoms. The maximum Gasteiger partial charge on any atom is 0.248 e. The van der Waals surface area contributed by atoms with Crippen LogP contribution in [0.1, 0.15) is 12.0 Å². The SMILES string of the molecule is CN1N=C(c2cc(F)ccc2F)CC1=O. The first-order valence-corrected chi connectivity index (χ1v) is 4.37. The molecule has 0 saturated heterocycles. The van der Waals surface area contributed by atoms with Gasteiger partial charge in [-0.15, -0.1) is 0 Å². The van der Waals surface area contributed by atoms with Crippen molar-refractivity contribution >= 4 is 11.6 Å². The predicted octanol–water partition coefficient (Wildman–Crippen LogP) is 1.53. The van der Waals surface area contributed by atoms with Gasteiger partial charge in [0.2, 0.25) is 5.91 Å². The van der Waals surface area contributed by atoms with Crippen LogP contribution in [0.15, 0.2) is 23.3 Å². The molecule has 78 valence electrons. The third-order valence-electron chi connectivity index (χ3n) is 2.19. The second-order valence-corrected chi connectivity index (χ2v) is 3.26. The van der Waals surface area contributed by atoms with Gasteiger partial charge in [0.15, 0.2) is 0 Å². The Morgan fingerprint density at radius 1 is 1.40 bits per heavy atom. The molecule has 0 bridgehead atoms. The summed E-state index contributed by atoms with van der Waals surface area (Å²) in [4.78, 5) is 11.1. The van der Waals surface area contributed by atoms with Crippen molar-refractivity contribution in [2.45, 2.75) is 6.42 Å². The molecule has 15 heavy (non-hydrogen) atoms. The summed E-state index contributed by atoms with van der Waals surface area (Å²) in [5, 5.41) is 4.96. The molecule has 0 aliphatic carbocycles. The number of benzene rings is 1. The summed E-state index contributed by atoms with van der Waals surface area (Å²) in [6.07, 6.45) is 0.0108. The Bertz CT molecular complexity index is 457. The zero-order valence-electron chi connectivity index (χ0n) is 8.00. The van der Waals surface area contributed by atoms with Crippen LogP contribution in [-0.4, -0.2) is 23.7 Å². The highest BCUT2D eigenvalue weighted by molar-refractivity contribution is 6.13. The minimum Gasteiger partial charge on any atom is -0.273 e. The van der Waals surface area contributed by atoms with Gasteiger partial charge in [-0.05, 0) is 18.2 Å². The van der Waals surface area contributed by atoms with Gasteiger partial charge in [-0.3, -0.25) is 4.79 Å². The fraction of sp³-hybridized carbons (Fsp3) is 0.200. The highest BCUT2D eigenvalue weighted by atomic mass is 19.1. The van der Waals surface area contributed by atoms with Gasteiger partial charge in [0.05, 0.1) is 12.1 Å². The van der Waals surface area contributed by atoms with Crippen LogP contribution >= 0.6 is 0 Å². The monoisotopic (exact) mass is 210 g/mol. The Balaban J connectivity index is 2.43. The first-order chi connectivity index (χ1) is 7.08. The molecule has 2 rings (SSSR count). The number of amides is 1. The second kappa shape index (κ2) is 3.42. The first-order valence-electron chi connectivity index (χ1n) is 4.37. The van der Waals surface area contributed by atoms with Gasteiger partial charge in [0.25, 0.3) is 0 Å². The minimum absolute atomic E-state index is 0.0108. The number of carbonyl (C=O) groups is 1. The Hall–Kier alpha value is -1.78. The maximum atomic E-state index is 13.3. The van der Waals surface area contributed by atoms with E-state index in [0.717, 1.165) is 23.2 Å². The number of nitrogens with zero attached hydrogens (tertiary/aromatic N) is 2. The van der Waals surface area contributed by atoms with Gasteiger partial charge in [-0.25, -0.2) is 13.8 Å². The van der Waals surface area contributed by atoms with Crippen LogP contribution in [-0.2, 0) is 4.79 Å². The zero-order valence-corrected chi connectivity index (χ0v) is 8.00. The van der Waals surface area contributed by atoms with Crippen molar-refractivity contribution in [2.24, 2.45) is 5.10 Å². The molecule has 1 heterocycles. The van der Waals surface area contributed by atoms with Crippen molar-refractivity contribution in [1.29, 1.82) is 0 Å². The predicted molar refractivity (Wildman–Crippen MR) is 50.3 cm³/mol. The molecule has 1 aliphatic rings. The summed E-state index contributed by atoms with van der Waals surface area (Å²) >= 11 is 0. The highest BCUT2D eigenvalue weighted by Gasteiger charge is 2.23. The molecule has 1 aromatic carbocycles. The van der Waals surface area contributed by atoms with Crippen molar-refractivity contribution < 1.29 is 13.6 Å². The van der Waals surface area contributed by atoms with E-state index in [4.69, 9.17) is 0 Å². The van der Waals surface area contributed by atoms with Crippen molar-refractivity contribution in [3.63, 3.8) is 0 Å². The van der Waals surface area contributed by atoms with Crippen LogP contribution in [0.2, 0.25) is 0 Å². The molecule has 1 aromatic rings. The van der Waals surface area contributed by atoms with Crippen LogP contribution in [0.25, 0.3) is 0 Å². The summed E-state index contributed by atoms with van der Waals surface area (Å²) in [5.74, 6) is -1.34. The fourth-order valence-corrected chi connectivity index (χ4v) is 1.40. The molecule has 0 unspecified atom stereocenters. The van der Waals surface area contributed by atoms with E-state index in [0.29, 0.717) is 0 Å².